The minimum Gasteiger partial charge on any atom is -0.338 e. The average molecular weight is 323 g/mol. The van der Waals surface area contributed by atoms with E-state index in [0.717, 1.165) is 18.0 Å². The summed E-state index contributed by atoms with van der Waals surface area (Å²) < 4.78 is 0. The molecule has 0 radical (unpaired) electrons. The lowest BCUT2D eigenvalue weighted by molar-refractivity contribution is -0.127. The smallest absolute Gasteiger partial charge is 0.231 e. The first kappa shape index (κ1) is 16.6. The number of likely N-dealkylation sites (tertiary alicyclic amines) is 1. The highest BCUT2D eigenvalue weighted by Crippen LogP contribution is 2.21. The van der Waals surface area contributed by atoms with E-state index in [2.05, 4.69) is 27.0 Å². The molecule has 2 amide bonds. The summed E-state index contributed by atoms with van der Waals surface area (Å²) in [5, 5.41) is 12.2. The van der Waals surface area contributed by atoms with Crippen molar-refractivity contribution in [2.45, 2.75) is 12.8 Å². The van der Waals surface area contributed by atoms with Crippen molar-refractivity contribution in [2.24, 2.45) is 5.92 Å². The number of hydrogen-bond acceptors (Lipinski definition) is 6. The molecule has 0 saturated carbocycles. The maximum Gasteiger partial charge on any atom is 0.231 e. The number of carbonyl (C=O) groups excluding carboxylic acids is 2. The lowest BCUT2D eigenvalue weighted by Gasteiger charge is -2.13. The van der Waals surface area contributed by atoms with Crippen molar-refractivity contribution >= 4 is 28.3 Å². The van der Waals surface area contributed by atoms with Gasteiger partial charge in [-0.05, 0) is 14.1 Å². The summed E-state index contributed by atoms with van der Waals surface area (Å²) in [6, 6.07) is 0. The summed E-state index contributed by atoms with van der Waals surface area (Å²) >= 11 is 1.38. The Kier molecular flexibility index (Phi) is 5.62. The van der Waals surface area contributed by atoms with Gasteiger partial charge in [0.05, 0.1) is 5.92 Å². The highest BCUT2D eigenvalue weighted by Gasteiger charge is 2.33. The monoisotopic (exact) mass is 323 g/mol. The Hall–Kier alpha value is -1.80. The van der Waals surface area contributed by atoms with E-state index in [-0.39, 0.29) is 24.2 Å². The summed E-state index contributed by atoms with van der Waals surface area (Å²) in [5.41, 5.74) is 0. The van der Waals surface area contributed by atoms with Gasteiger partial charge in [0.25, 0.3) is 0 Å². The maximum atomic E-state index is 12.2. The molecule has 22 heavy (non-hydrogen) atoms. The quantitative estimate of drug-likeness (QED) is 0.744. The van der Waals surface area contributed by atoms with Gasteiger partial charge in [-0.15, -0.1) is 16.8 Å². The minimum atomic E-state index is -0.332. The molecule has 1 N–H and O–H groups in total. The molecule has 120 valence electrons. The maximum absolute atomic E-state index is 12.2. The molecule has 1 aliphatic heterocycles. The third-order valence-corrected chi connectivity index (χ3v) is 4.30. The van der Waals surface area contributed by atoms with E-state index in [1.165, 1.54) is 11.3 Å². The molecule has 0 aliphatic carbocycles. The molecule has 1 aliphatic rings. The molecular weight excluding hydrogens is 302 g/mol. The predicted molar refractivity (Wildman–Crippen MR) is 85.7 cm³/mol. The number of rotatable bonds is 7. The number of nitrogens with one attached hydrogen (secondary N) is 1. The average Bonchev–Trinajstić information content (AvgIpc) is 3.05. The fourth-order valence-electron chi connectivity index (χ4n) is 2.21. The Bertz CT molecular complexity index is 557. The zero-order valence-electron chi connectivity index (χ0n) is 12.9. The number of amides is 2. The molecule has 1 aromatic rings. The van der Waals surface area contributed by atoms with Crippen molar-refractivity contribution in [3.8, 4) is 0 Å². The van der Waals surface area contributed by atoms with Crippen LogP contribution in [-0.2, 0) is 16.0 Å². The van der Waals surface area contributed by atoms with Crippen LogP contribution in [0, 0.1) is 5.92 Å². The normalized spacial score (nSPS) is 18.0. The Balaban J connectivity index is 1.87. The van der Waals surface area contributed by atoms with Crippen molar-refractivity contribution < 1.29 is 9.59 Å². The molecule has 1 saturated heterocycles. The highest BCUT2D eigenvalue weighted by atomic mass is 32.1. The van der Waals surface area contributed by atoms with Crippen LogP contribution in [0.2, 0.25) is 0 Å². The van der Waals surface area contributed by atoms with Crippen molar-refractivity contribution in [1.82, 2.24) is 20.0 Å². The summed E-state index contributed by atoms with van der Waals surface area (Å²) in [6.45, 7) is 5.42. The summed E-state index contributed by atoms with van der Waals surface area (Å²) in [6.07, 6.45) is 2.71. The van der Waals surface area contributed by atoms with E-state index in [1.807, 2.05) is 14.1 Å². The number of nitrogens with zero attached hydrogens (tertiary/aromatic N) is 4. The minimum absolute atomic E-state index is 0.0102. The molecule has 7 nitrogen and oxygen atoms in total. The Morgan fingerprint density at radius 2 is 2.32 bits per heavy atom. The van der Waals surface area contributed by atoms with Gasteiger partial charge in [-0.1, -0.05) is 17.4 Å². The number of carbonyl (C=O) groups is 2. The van der Waals surface area contributed by atoms with Crippen LogP contribution in [0.25, 0.3) is 0 Å². The molecule has 0 bridgehead atoms. The van der Waals surface area contributed by atoms with Crippen LogP contribution in [0.1, 0.15) is 11.4 Å². The van der Waals surface area contributed by atoms with Gasteiger partial charge in [-0.25, -0.2) is 0 Å². The van der Waals surface area contributed by atoms with Gasteiger partial charge >= 0.3 is 0 Å². The Morgan fingerprint density at radius 1 is 1.55 bits per heavy atom. The number of aromatic nitrogens is 2. The van der Waals surface area contributed by atoms with Gasteiger partial charge in [0.2, 0.25) is 16.9 Å². The second-order valence-electron chi connectivity index (χ2n) is 5.53. The molecular formula is C14H21N5O2S. The number of hydrogen-bond donors (Lipinski definition) is 1. The molecule has 2 heterocycles. The van der Waals surface area contributed by atoms with Crippen molar-refractivity contribution in [2.75, 3.05) is 39.0 Å². The van der Waals surface area contributed by atoms with Crippen LogP contribution in [0.15, 0.2) is 12.7 Å². The lowest BCUT2D eigenvalue weighted by atomic mass is 10.1. The predicted octanol–water partition coefficient (Wildman–Crippen LogP) is 0.615. The second kappa shape index (κ2) is 7.46. The van der Waals surface area contributed by atoms with E-state index < -0.39 is 0 Å². The standard InChI is InChI=1S/C14H21N5O2S/c1-4-6-19-9-10(8-12(19)20)13(21)15-14-17-16-11(22-14)5-7-18(2)3/h4,10H,1,5-9H2,2-3H3,(H,15,17,21). The number of anilines is 1. The van der Waals surface area contributed by atoms with Crippen LogP contribution in [-0.4, -0.2) is 65.5 Å². The van der Waals surface area contributed by atoms with Crippen LogP contribution in [0.3, 0.4) is 0 Å². The van der Waals surface area contributed by atoms with Crippen molar-refractivity contribution in [1.29, 1.82) is 0 Å². The number of likely N-dealkylation sites (N-methyl/N-ethyl adjacent to an activating group) is 1. The van der Waals surface area contributed by atoms with Gasteiger partial charge < -0.3 is 15.1 Å². The molecule has 0 spiro atoms. The van der Waals surface area contributed by atoms with Gasteiger partial charge in [-0.3, -0.25) is 9.59 Å². The first-order chi connectivity index (χ1) is 10.5. The fourth-order valence-corrected chi connectivity index (χ4v) is 2.94. The summed E-state index contributed by atoms with van der Waals surface area (Å²) in [5.74, 6) is -0.513. The van der Waals surface area contributed by atoms with Crippen LogP contribution < -0.4 is 5.32 Å². The van der Waals surface area contributed by atoms with Crippen LogP contribution in [0.4, 0.5) is 5.13 Å². The van der Waals surface area contributed by atoms with Crippen molar-refractivity contribution in [3.05, 3.63) is 17.7 Å². The summed E-state index contributed by atoms with van der Waals surface area (Å²) in [4.78, 5) is 27.7. The molecule has 2 rings (SSSR count). The Morgan fingerprint density at radius 3 is 3.00 bits per heavy atom. The molecule has 1 unspecified atom stereocenters. The van der Waals surface area contributed by atoms with Crippen LogP contribution >= 0.6 is 11.3 Å². The van der Waals surface area contributed by atoms with Crippen molar-refractivity contribution in [3.63, 3.8) is 0 Å². The van der Waals surface area contributed by atoms with E-state index >= 15 is 0 Å². The molecule has 1 aromatic heterocycles. The summed E-state index contributed by atoms with van der Waals surface area (Å²) in [7, 11) is 3.99. The fraction of sp³-hybridized carbons (Fsp3) is 0.571. The van der Waals surface area contributed by atoms with E-state index in [1.54, 1.807) is 11.0 Å². The topological polar surface area (TPSA) is 78.4 Å². The van der Waals surface area contributed by atoms with Gasteiger partial charge in [0, 0.05) is 32.5 Å². The molecule has 1 atom stereocenters. The van der Waals surface area contributed by atoms with E-state index in [4.69, 9.17) is 0 Å². The van der Waals surface area contributed by atoms with Crippen LogP contribution in [0.5, 0.6) is 0 Å². The van der Waals surface area contributed by atoms with E-state index in [0.29, 0.717) is 18.2 Å². The van der Waals surface area contributed by atoms with Gasteiger partial charge in [0.15, 0.2) is 0 Å². The SMILES string of the molecule is C=CCN1CC(C(=O)Nc2nnc(CCN(C)C)s2)CC1=O. The molecule has 8 heteroatoms. The first-order valence-electron chi connectivity index (χ1n) is 7.16. The van der Waals surface area contributed by atoms with Gasteiger partial charge in [0.1, 0.15) is 5.01 Å². The third-order valence-electron chi connectivity index (χ3n) is 3.40. The lowest BCUT2D eigenvalue weighted by Crippen LogP contribution is -2.28. The molecule has 0 aromatic carbocycles. The first-order valence-corrected chi connectivity index (χ1v) is 7.98. The largest absolute Gasteiger partial charge is 0.338 e. The third kappa shape index (κ3) is 4.35. The highest BCUT2D eigenvalue weighted by molar-refractivity contribution is 7.15. The molecule has 1 fully saturated rings. The zero-order valence-corrected chi connectivity index (χ0v) is 13.7. The van der Waals surface area contributed by atoms with Gasteiger partial charge in [-0.2, -0.15) is 0 Å². The Labute approximate surface area is 134 Å². The zero-order chi connectivity index (χ0) is 16.1. The van der Waals surface area contributed by atoms with E-state index in [9.17, 15) is 9.59 Å². The second-order valence-corrected chi connectivity index (χ2v) is 6.59.